The van der Waals surface area contributed by atoms with Crippen LogP contribution in [0.3, 0.4) is 0 Å². The Morgan fingerprint density at radius 3 is 2.09 bits per heavy atom. The van der Waals surface area contributed by atoms with E-state index in [4.69, 9.17) is 14.2 Å². The molecule has 0 saturated heterocycles. The minimum absolute atomic E-state index is 0.0491. The number of aliphatic hydroxyl groups excluding tert-OH is 1. The molecular weight excluding hydrogens is 424 g/mol. The lowest BCUT2D eigenvalue weighted by atomic mass is 9.78. The van der Waals surface area contributed by atoms with Gasteiger partial charge in [0.15, 0.2) is 0 Å². The smallest absolute Gasteiger partial charge is 0.408 e. The molecule has 0 spiro atoms. The SMILES string of the molecule is COC1=CCC2=C[C@@H]1[C@H]1C=C(CC=C1OC)C[C@H](NC(=O)OC(C)(C)C)C(=O)N[C@H](CO)C2. The van der Waals surface area contributed by atoms with Crippen molar-refractivity contribution in [2.75, 3.05) is 20.8 Å². The number of amides is 2. The fourth-order valence-corrected chi connectivity index (χ4v) is 4.55. The summed E-state index contributed by atoms with van der Waals surface area (Å²) >= 11 is 0. The van der Waals surface area contributed by atoms with Crippen molar-refractivity contribution in [1.82, 2.24) is 10.6 Å². The Morgan fingerprint density at radius 2 is 1.61 bits per heavy atom. The van der Waals surface area contributed by atoms with Gasteiger partial charge in [-0.25, -0.2) is 4.79 Å². The second kappa shape index (κ2) is 10.5. The van der Waals surface area contributed by atoms with E-state index in [9.17, 15) is 14.7 Å². The zero-order valence-electron chi connectivity index (χ0n) is 20.1. The number of alkyl carbamates (subject to hydrolysis) is 1. The van der Waals surface area contributed by atoms with Crippen molar-refractivity contribution >= 4 is 12.0 Å². The van der Waals surface area contributed by atoms with Gasteiger partial charge in [0.1, 0.15) is 11.6 Å². The van der Waals surface area contributed by atoms with Crippen LogP contribution < -0.4 is 10.6 Å². The molecule has 8 heteroatoms. The lowest BCUT2D eigenvalue weighted by molar-refractivity contribution is -0.124. The number of allylic oxidation sites excluding steroid dienone is 4. The third-order valence-electron chi connectivity index (χ3n) is 6.03. The minimum atomic E-state index is -0.830. The summed E-state index contributed by atoms with van der Waals surface area (Å²) in [6.45, 7) is 5.11. The summed E-state index contributed by atoms with van der Waals surface area (Å²) in [5.41, 5.74) is 1.43. The fourth-order valence-electron chi connectivity index (χ4n) is 4.55. The number of fused-ring (bicyclic) bond motifs is 3. The quantitative estimate of drug-likeness (QED) is 0.557. The van der Waals surface area contributed by atoms with Crippen LogP contribution >= 0.6 is 0 Å². The van der Waals surface area contributed by atoms with E-state index in [0.29, 0.717) is 25.7 Å². The van der Waals surface area contributed by atoms with Crippen LogP contribution in [-0.2, 0) is 19.0 Å². The molecule has 4 atom stereocenters. The van der Waals surface area contributed by atoms with E-state index in [0.717, 1.165) is 22.7 Å². The van der Waals surface area contributed by atoms with E-state index in [1.807, 2.05) is 6.08 Å². The third-order valence-corrected chi connectivity index (χ3v) is 6.03. The van der Waals surface area contributed by atoms with Gasteiger partial charge in [-0.1, -0.05) is 23.3 Å². The predicted octanol–water partition coefficient (Wildman–Crippen LogP) is 3.10. The zero-order valence-corrected chi connectivity index (χ0v) is 20.1. The van der Waals surface area contributed by atoms with Crippen molar-refractivity contribution in [2.24, 2.45) is 11.8 Å². The largest absolute Gasteiger partial charge is 0.501 e. The first-order valence-electron chi connectivity index (χ1n) is 11.4. The number of methoxy groups -OCH3 is 2. The highest BCUT2D eigenvalue weighted by molar-refractivity contribution is 5.86. The van der Waals surface area contributed by atoms with Crippen molar-refractivity contribution in [1.29, 1.82) is 0 Å². The van der Waals surface area contributed by atoms with Gasteiger partial charge >= 0.3 is 6.09 Å². The monoisotopic (exact) mass is 460 g/mol. The maximum Gasteiger partial charge on any atom is 0.408 e. The van der Waals surface area contributed by atoms with Crippen LogP contribution in [0.2, 0.25) is 0 Å². The van der Waals surface area contributed by atoms with Crippen LogP contribution in [0.25, 0.3) is 0 Å². The molecule has 182 valence electrons. The standard InChI is InChI=1S/C25H36N2O6/c1-25(2,3)33-24(30)27-20-13-16-7-9-22(32-5)19(12-16)18-11-15(6-8-21(18)31-4)10-17(14-28)26-23(20)29/h8-9,11-12,17-20,28H,6-7,10,13-14H2,1-5H3,(H,26,29)(H,27,30)/t17-,18+,19+,20-/m0/s1. The lowest BCUT2D eigenvalue weighted by Crippen LogP contribution is -2.51. The molecule has 8 nitrogen and oxygen atoms in total. The van der Waals surface area contributed by atoms with Crippen molar-refractivity contribution in [2.45, 2.75) is 64.1 Å². The molecule has 0 aromatic carbocycles. The van der Waals surface area contributed by atoms with Crippen molar-refractivity contribution in [3.05, 3.63) is 47.0 Å². The first-order valence-corrected chi connectivity index (χ1v) is 11.4. The normalized spacial score (nSPS) is 27.9. The van der Waals surface area contributed by atoms with E-state index in [2.05, 4.69) is 28.9 Å². The lowest BCUT2D eigenvalue weighted by Gasteiger charge is -2.33. The van der Waals surface area contributed by atoms with Crippen LogP contribution in [0, 0.1) is 11.8 Å². The zero-order chi connectivity index (χ0) is 24.2. The summed E-state index contributed by atoms with van der Waals surface area (Å²) in [5.74, 6) is 1.24. The maximum absolute atomic E-state index is 13.1. The van der Waals surface area contributed by atoms with Gasteiger partial charge in [0.25, 0.3) is 0 Å². The summed E-state index contributed by atoms with van der Waals surface area (Å²) in [6.07, 6.45) is 9.84. The predicted molar refractivity (Wildman–Crippen MR) is 124 cm³/mol. The third kappa shape index (κ3) is 6.41. The molecule has 0 radical (unpaired) electrons. The maximum atomic E-state index is 13.1. The van der Waals surface area contributed by atoms with Gasteiger partial charge in [-0.2, -0.15) is 0 Å². The molecule has 0 saturated carbocycles. The number of hydrogen-bond donors (Lipinski definition) is 3. The second-order valence-corrected chi connectivity index (χ2v) is 9.73. The number of aliphatic hydroxyl groups is 1. The Bertz CT molecular complexity index is 880. The summed E-state index contributed by atoms with van der Waals surface area (Å²) in [6, 6.07) is -1.29. The molecule has 0 aromatic rings. The molecule has 3 rings (SSSR count). The van der Waals surface area contributed by atoms with Crippen molar-refractivity contribution in [3.63, 3.8) is 0 Å². The molecule has 1 aliphatic heterocycles. The first-order chi connectivity index (χ1) is 15.6. The first kappa shape index (κ1) is 24.9. The highest BCUT2D eigenvalue weighted by Crippen LogP contribution is 2.39. The number of carbonyl (C=O) groups is 2. The number of rotatable bonds is 4. The van der Waals surface area contributed by atoms with Crippen LogP contribution in [0.4, 0.5) is 4.79 Å². The molecule has 3 N–H and O–H groups in total. The number of nitrogens with one attached hydrogen (secondary N) is 2. The number of ether oxygens (including phenoxy) is 3. The Hall–Kier alpha value is -2.74. The van der Waals surface area contributed by atoms with E-state index >= 15 is 0 Å². The molecule has 0 aromatic heterocycles. The van der Waals surface area contributed by atoms with Crippen molar-refractivity contribution < 1.29 is 28.9 Å². The summed E-state index contributed by atoms with van der Waals surface area (Å²) in [5, 5.41) is 15.6. The molecular formula is C25H36N2O6. The average Bonchev–Trinajstić information content (AvgIpc) is 2.76. The summed E-state index contributed by atoms with van der Waals surface area (Å²) < 4.78 is 16.8. The fraction of sp³-hybridized carbons (Fsp3) is 0.600. The van der Waals surface area contributed by atoms with Gasteiger partial charge in [0.2, 0.25) is 5.91 Å². The Morgan fingerprint density at radius 1 is 1.06 bits per heavy atom. The van der Waals surface area contributed by atoms with Gasteiger partial charge in [-0.15, -0.1) is 0 Å². The molecule has 1 heterocycles. The van der Waals surface area contributed by atoms with E-state index < -0.39 is 23.8 Å². The average molecular weight is 461 g/mol. The molecule has 3 aliphatic rings. The Balaban J connectivity index is 1.96. The van der Waals surface area contributed by atoms with Crippen LogP contribution in [0.5, 0.6) is 0 Å². The summed E-state index contributed by atoms with van der Waals surface area (Å²) in [7, 11) is 3.33. The highest BCUT2D eigenvalue weighted by Gasteiger charge is 2.34. The molecule has 33 heavy (non-hydrogen) atoms. The van der Waals surface area contributed by atoms with Gasteiger partial charge in [0.05, 0.1) is 38.4 Å². The Kier molecular flexibility index (Phi) is 7.89. The minimum Gasteiger partial charge on any atom is -0.501 e. The van der Waals surface area contributed by atoms with E-state index in [1.54, 1.807) is 35.0 Å². The summed E-state index contributed by atoms with van der Waals surface area (Å²) in [4.78, 5) is 25.6. The topological polar surface area (TPSA) is 106 Å². The van der Waals surface area contributed by atoms with Crippen LogP contribution in [-0.4, -0.2) is 55.6 Å². The van der Waals surface area contributed by atoms with Crippen molar-refractivity contribution in [3.8, 4) is 0 Å². The van der Waals surface area contributed by atoms with Crippen LogP contribution in [0.1, 0.15) is 46.5 Å². The van der Waals surface area contributed by atoms with E-state index in [-0.39, 0.29) is 24.3 Å². The molecule has 2 amide bonds. The number of hydrogen-bond acceptors (Lipinski definition) is 6. The Labute approximate surface area is 195 Å². The van der Waals surface area contributed by atoms with Gasteiger partial charge in [-0.3, -0.25) is 4.79 Å². The van der Waals surface area contributed by atoms with Gasteiger partial charge < -0.3 is 30.0 Å². The molecule has 0 unspecified atom stereocenters. The second-order valence-electron chi connectivity index (χ2n) is 9.73. The molecule has 2 aliphatic carbocycles. The van der Waals surface area contributed by atoms with E-state index in [1.165, 1.54) is 0 Å². The molecule has 0 fully saturated rings. The van der Waals surface area contributed by atoms with Crippen LogP contribution in [0.15, 0.2) is 47.0 Å². The highest BCUT2D eigenvalue weighted by atomic mass is 16.6. The molecule has 4 bridgehead atoms. The number of carbonyl (C=O) groups excluding carboxylic acids is 2. The van der Waals surface area contributed by atoms with Gasteiger partial charge in [-0.05, 0) is 58.6 Å². The van der Waals surface area contributed by atoms with Gasteiger partial charge in [0, 0.05) is 11.8 Å².